The highest BCUT2D eigenvalue weighted by Crippen LogP contribution is 1.75. The van der Waals surface area contributed by atoms with Crippen molar-refractivity contribution in [3.05, 3.63) is 4.91 Å². The van der Waals surface area contributed by atoms with E-state index < -0.39 is 5.91 Å². The van der Waals surface area contributed by atoms with Crippen molar-refractivity contribution in [1.82, 2.24) is 5.32 Å². The first-order chi connectivity index (χ1) is 5.20. The number of hydrogen-bond acceptors (Lipinski definition) is 4. The fourth-order valence-corrected chi connectivity index (χ4v) is 0.426. The van der Waals surface area contributed by atoms with Gasteiger partial charge in [0.25, 0.3) is 0 Å². The molecule has 0 aromatic heterocycles. The normalized spacial score (nSPS) is 8.82. The third-order valence-electron chi connectivity index (χ3n) is 0.910. The molecule has 0 radical (unpaired) electrons. The van der Waals surface area contributed by atoms with Crippen LogP contribution in [0.4, 0.5) is 0 Å². The molecule has 3 N–H and O–H groups in total. The molecule has 0 aromatic rings. The van der Waals surface area contributed by atoms with Gasteiger partial charge in [-0.1, -0.05) is 0 Å². The maximum atomic E-state index is 10.6. The highest BCUT2D eigenvalue weighted by atomic mass is 16.3. The number of amides is 2. The first kappa shape index (κ1) is 9.70. The van der Waals surface area contributed by atoms with E-state index in [2.05, 4.69) is 10.5 Å². The molecule has 0 fully saturated rings. The molecule has 0 aromatic carbocycles. The zero-order chi connectivity index (χ0) is 8.69. The van der Waals surface area contributed by atoms with Crippen molar-refractivity contribution in [2.24, 2.45) is 10.9 Å². The minimum absolute atomic E-state index is 0.145. The van der Waals surface area contributed by atoms with Gasteiger partial charge in [0.15, 0.2) is 0 Å². The molecule has 0 atom stereocenters. The smallest absolute Gasteiger partial charge is 0.305 e. The summed E-state index contributed by atoms with van der Waals surface area (Å²) in [5.74, 6) is -1.25. The summed E-state index contributed by atoms with van der Waals surface area (Å²) in [5, 5.41) is 4.26. The molecule has 0 spiro atoms. The summed E-state index contributed by atoms with van der Waals surface area (Å²) in [6, 6.07) is 0. The second-order valence-corrected chi connectivity index (χ2v) is 1.80. The first-order valence-corrected chi connectivity index (χ1v) is 3.03. The van der Waals surface area contributed by atoms with Gasteiger partial charge in [-0.3, -0.25) is 9.59 Å². The minimum Gasteiger partial charge on any atom is -0.347 e. The van der Waals surface area contributed by atoms with E-state index >= 15 is 0 Å². The SMILES string of the molecule is NCCC(=O)NCC(=O)N=O. The number of carbonyl (C=O) groups excluding carboxylic acids is 2. The summed E-state index contributed by atoms with van der Waals surface area (Å²) in [7, 11) is 0. The predicted octanol–water partition coefficient (Wildman–Crippen LogP) is -1.26. The van der Waals surface area contributed by atoms with Crippen LogP contribution in [0.3, 0.4) is 0 Å². The summed E-state index contributed by atoms with van der Waals surface area (Å²) in [4.78, 5) is 30.3. The van der Waals surface area contributed by atoms with Gasteiger partial charge in [0.05, 0.1) is 0 Å². The molecule has 0 saturated heterocycles. The van der Waals surface area contributed by atoms with E-state index in [1.807, 2.05) is 0 Å². The minimum atomic E-state index is -0.893. The van der Waals surface area contributed by atoms with Crippen molar-refractivity contribution in [3.8, 4) is 0 Å². The summed E-state index contributed by atoms with van der Waals surface area (Å²) in [6.07, 6.45) is 0.145. The van der Waals surface area contributed by atoms with Crippen LogP contribution in [-0.4, -0.2) is 24.9 Å². The van der Waals surface area contributed by atoms with Crippen LogP contribution >= 0.6 is 0 Å². The molecule has 0 saturated carbocycles. The van der Waals surface area contributed by atoms with Crippen molar-refractivity contribution in [2.45, 2.75) is 6.42 Å². The second kappa shape index (κ2) is 5.48. The van der Waals surface area contributed by atoms with E-state index in [1.165, 1.54) is 0 Å². The van der Waals surface area contributed by atoms with Gasteiger partial charge in [0, 0.05) is 18.1 Å². The third kappa shape index (κ3) is 5.16. The Labute approximate surface area is 63.1 Å². The number of nitrogens with zero attached hydrogens (tertiary/aromatic N) is 1. The van der Waals surface area contributed by atoms with Gasteiger partial charge in [-0.15, -0.1) is 4.91 Å². The van der Waals surface area contributed by atoms with Gasteiger partial charge in [-0.2, -0.15) is 0 Å². The highest BCUT2D eigenvalue weighted by Gasteiger charge is 2.03. The van der Waals surface area contributed by atoms with Crippen LogP contribution in [0.5, 0.6) is 0 Å². The lowest BCUT2D eigenvalue weighted by molar-refractivity contribution is -0.124. The Morgan fingerprint density at radius 1 is 1.45 bits per heavy atom. The standard InChI is InChI=1S/C5H9N3O3/c6-2-1-4(9)7-3-5(10)8-11/h1-3,6H2,(H,7,9). The number of nitroso groups, excluding NO2 is 1. The van der Waals surface area contributed by atoms with Crippen molar-refractivity contribution >= 4 is 11.8 Å². The molecule has 0 aliphatic heterocycles. The molecule has 11 heavy (non-hydrogen) atoms. The largest absolute Gasteiger partial charge is 0.347 e. The second-order valence-electron chi connectivity index (χ2n) is 1.80. The van der Waals surface area contributed by atoms with Crippen LogP contribution in [0.25, 0.3) is 0 Å². The zero-order valence-electron chi connectivity index (χ0n) is 5.87. The van der Waals surface area contributed by atoms with Crippen LogP contribution in [-0.2, 0) is 9.59 Å². The van der Waals surface area contributed by atoms with Gasteiger partial charge in [-0.05, 0) is 0 Å². The van der Waals surface area contributed by atoms with Crippen molar-refractivity contribution in [2.75, 3.05) is 13.1 Å². The molecule has 0 unspecified atom stereocenters. The molecule has 0 aliphatic carbocycles. The monoisotopic (exact) mass is 159 g/mol. The fourth-order valence-electron chi connectivity index (χ4n) is 0.426. The summed E-state index contributed by atoms with van der Waals surface area (Å²) < 4.78 is 0. The number of carbonyl (C=O) groups is 2. The molecular formula is C5H9N3O3. The Kier molecular flexibility index (Phi) is 4.83. The van der Waals surface area contributed by atoms with Crippen molar-refractivity contribution in [1.29, 1.82) is 0 Å². The fraction of sp³-hybridized carbons (Fsp3) is 0.600. The van der Waals surface area contributed by atoms with Crippen molar-refractivity contribution < 1.29 is 9.59 Å². The van der Waals surface area contributed by atoms with Crippen LogP contribution in [0.1, 0.15) is 6.42 Å². The Morgan fingerprint density at radius 2 is 2.09 bits per heavy atom. The molecule has 0 bridgehead atoms. The summed E-state index contributed by atoms with van der Waals surface area (Å²) in [6.45, 7) is -0.128. The van der Waals surface area contributed by atoms with E-state index in [-0.39, 0.29) is 25.4 Å². The molecule has 0 heterocycles. The van der Waals surface area contributed by atoms with Gasteiger partial charge < -0.3 is 11.1 Å². The van der Waals surface area contributed by atoms with E-state index in [9.17, 15) is 14.5 Å². The Morgan fingerprint density at radius 3 is 2.55 bits per heavy atom. The first-order valence-electron chi connectivity index (χ1n) is 3.03. The average molecular weight is 159 g/mol. The lowest BCUT2D eigenvalue weighted by atomic mass is 10.4. The molecule has 2 amide bonds. The van der Waals surface area contributed by atoms with E-state index in [1.54, 1.807) is 0 Å². The Hall–Kier alpha value is -1.30. The maximum Gasteiger partial charge on any atom is 0.305 e. The Balaban J connectivity index is 3.45. The molecule has 0 aliphatic rings. The van der Waals surface area contributed by atoms with Gasteiger partial charge in [0.1, 0.15) is 6.54 Å². The zero-order valence-corrected chi connectivity index (χ0v) is 5.87. The maximum absolute atomic E-state index is 10.6. The van der Waals surface area contributed by atoms with Crippen LogP contribution in [0, 0.1) is 4.91 Å². The van der Waals surface area contributed by atoms with Crippen LogP contribution < -0.4 is 11.1 Å². The average Bonchev–Trinajstić information content (AvgIpc) is 2.01. The molecular weight excluding hydrogens is 150 g/mol. The topological polar surface area (TPSA) is 102 Å². The highest BCUT2D eigenvalue weighted by molar-refractivity contribution is 5.84. The summed E-state index contributed by atoms with van der Waals surface area (Å²) in [5.41, 5.74) is 5.04. The molecule has 6 heteroatoms. The van der Waals surface area contributed by atoms with Gasteiger partial charge >= 0.3 is 5.91 Å². The summed E-state index contributed by atoms with van der Waals surface area (Å²) >= 11 is 0. The van der Waals surface area contributed by atoms with Gasteiger partial charge in [0.2, 0.25) is 5.91 Å². The number of nitrogens with two attached hydrogens (primary N) is 1. The van der Waals surface area contributed by atoms with E-state index in [0.717, 1.165) is 0 Å². The third-order valence-corrected chi connectivity index (χ3v) is 0.910. The number of nitrogens with one attached hydrogen (secondary N) is 1. The van der Waals surface area contributed by atoms with E-state index in [0.29, 0.717) is 0 Å². The number of rotatable bonds is 4. The quantitative estimate of drug-likeness (QED) is 0.500. The number of hydrogen-bond donors (Lipinski definition) is 2. The Bertz CT molecular complexity index is 168. The molecule has 62 valence electrons. The lowest BCUT2D eigenvalue weighted by Crippen LogP contribution is -2.29. The van der Waals surface area contributed by atoms with E-state index in [4.69, 9.17) is 5.73 Å². The molecule has 6 nitrogen and oxygen atoms in total. The van der Waals surface area contributed by atoms with Crippen molar-refractivity contribution in [3.63, 3.8) is 0 Å². The lowest BCUT2D eigenvalue weighted by Gasteiger charge is -1.97. The predicted molar refractivity (Wildman–Crippen MR) is 37.5 cm³/mol. The van der Waals surface area contributed by atoms with Crippen LogP contribution in [0.15, 0.2) is 5.18 Å². The molecule has 0 rings (SSSR count). The van der Waals surface area contributed by atoms with Gasteiger partial charge in [-0.25, -0.2) is 0 Å². The van der Waals surface area contributed by atoms with Crippen LogP contribution in [0.2, 0.25) is 0 Å².